The lowest BCUT2D eigenvalue weighted by atomic mass is 10.1. The fourth-order valence-electron chi connectivity index (χ4n) is 1.49. The molecule has 2 rings (SSSR count). The molecule has 1 aromatic rings. The number of amides is 2. The van der Waals surface area contributed by atoms with Crippen molar-refractivity contribution >= 4 is 34.8 Å². The number of nitrogens with zero attached hydrogens (tertiary/aromatic N) is 1. The van der Waals surface area contributed by atoms with Crippen LogP contribution in [0.25, 0.3) is 0 Å². The first-order valence-electron chi connectivity index (χ1n) is 4.76. The zero-order valence-electron chi connectivity index (χ0n) is 8.46. The van der Waals surface area contributed by atoms with E-state index in [2.05, 4.69) is 15.6 Å². The summed E-state index contributed by atoms with van der Waals surface area (Å²) in [6, 6.07) is 5.32. The molecule has 0 aliphatic carbocycles. The van der Waals surface area contributed by atoms with Crippen molar-refractivity contribution in [3.8, 4) is 0 Å². The highest BCUT2D eigenvalue weighted by Gasteiger charge is 2.16. The summed E-state index contributed by atoms with van der Waals surface area (Å²) in [5, 5.41) is 5.38. The second-order valence-corrected chi connectivity index (χ2v) is 3.62. The SMILES string of the molecule is NC(CCl)=Nc1cccc2c1NC(=O)NC2. The Morgan fingerprint density at radius 2 is 2.38 bits per heavy atom. The summed E-state index contributed by atoms with van der Waals surface area (Å²) in [4.78, 5) is 15.4. The van der Waals surface area contributed by atoms with Gasteiger partial charge >= 0.3 is 6.03 Å². The Hall–Kier alpha value is -1.75. The molecule has 0 fully saturated rings. The molecule has 6 heteroatoms. The molecule has 1 aliphatic rings. The van der Waals surface area contributed by atoms with Gasteiger partial charge < -0.3 is 16.4 Å². The number of nitrogens with one attached hydrogen (secondary N) is 2. The minimum Gasteiger partial charge on any atom is -0.386 e. The van der Waals surface area contributed by atoms with Gasteiger partial charge in [0.2, 0.25) is 0 Å². The molecular formula is C10H11ClN4O. The van der Waals surface area contributed by atoms with E-state index in [0.29, 0.717) is 23.8 Å². The zero-order chi connectivity index (χ0) is 11.5. The largest absolute Gasteiger partial charge is 0.386 e. The topological polar surface area (TPSA) is 79.5 Å². The van der Waals surface area contributed by atoms with Crippen LogP contribution < -0.4 is 16.4 Å². The minimum absolute atomic E-state index is 0.163. The molecule has 4 N–H and O–H groups in total. The third-order valence-electron chi connectivity index (χ3n) is 2.21. The van der Waals surface area contributed by atoms with E-state index in [1.54, 1.807) is 6.07 Å². The molecule has 0 saturated carbocycles. The van der Waals surface area contributed by atoms with Crippen LogP contribution in [0.3, 0.4) is 0 Å². The number of carbonyl (C=O) groups is 1. The molecule has 5 nitrogen and oxygen atoms in total. The number of aliphatic imine (C=N–C) groups is 1. The first kappa shape index (κ1) is 10.8. The van der Waals surface area contributed by atoms with E-state index < -0.39 is 0 Å². The molecule has 2 amide bonds. The van der Waals surface area contributed by atoms with Crippen LogP contribution in [0.4, 0.5) is 16.2 Å². The number of fused-ring (bicyclic) bond motifs is 1. The van der Waals surface area contributed by atoms with Crippen LogP contribution >= 0.6 is 11.6 Å². The second-order valence-electron chi connectivity index (χ2n) is 3.36. The number of nitrogens with two attached hydrogens (primary N) is 1. The maximum Gasteiger partial charge on any atom is 0.319 e. The highest BCUT2D eigenvalue weighted by atomic mass is 35.5. The summed E-state index contributed by atoms with van der Waals surface area (Å²) < 4.78 is 0. The van der Waals surface area contributed by atoms with Gasteiger partial charge in [-0.3, -0.25) is 0 Å². The molecule has 0 unspecified atom stereocenters. The average Bonchev–Trinajstić information content (AvgIpc) is 2.29. The van der Waals surface area contributed by atoms with Crippen LogP contribution in [-0.2, 0) is 6.54 Å². The summed E-state index contributed by atoms with van der Waals surface area (Å²) >= 11 is 5.56. The number of para-hydroxylation sites is 1. The van der Waals surface area contributed by atoms with Gasteiger partial charge in [0.05, 0.1) is 17.3 Å². The molecule has 84 valence electrons. The van der Waals surface area contributed by atoms with Crippen molar-refractivity contribution in [2.45, 2.75) is 6.54 Å². The van der Waals surface area contributed by atoms with Crippen LogP contribution in [0, 0.1) is 0 Å². The average molecular weight is 239 g/mol. The van der Waals surface area contributed by atoms with Gasteiger partial charge in [0.15, 0.2) is 0 Å². The number of carbonyl (C=O) groups excluding carboxylic acids is 1. The monoisotopic (exact) mass is 238 g/mol. The smallest absolute Gasteiger partial charge is 0.319 e. The predicted octanol–water partition coefficient (Wildman–Crippen LogP) is 1.55. The third kappa shape index (κ3) is 2.09. The molecule has 0 spiro atoms. The van der Waals surface area contributed by atoms with Crippen LogP contribution in [0.5, 0.6) is 0 Å². The number of hydrogen-bond donors (Lipinski definition) is 3. The maximum atomic E-state index is 11.2. The summed E-state index contributed by atoms with van der Waals surface area (Å²) in [5.74, 6) is 0.485. The van der Waals surface area contributed by atoms with Gasteiger partial charge in [-0.1, -0.05) is 12.1 Å². The van der Waals surface area contributed by atoms with Gasteiger partial charge in [0, 0.05) is 6.54 Å². The molecular weight excluding hydrogens is 228 g/mol. The third-order valence-corrected chi connectivity index (χ3v) is 2.48. The fraction of sp³-hybridized carbons (Fsp3) is 0.200. The van der Waals surface area contributed by atoms with Crippen molar-refractivity contribution < 1.29 is 4.79 Å². The Balaban J connectivity index is 2.43. The number of benzene rings is 1. The van der Waals surface area contributed by atoms with Crippen molar-refractivity contribution in [1.82, 2.24) is 5.32 Å². The van der Waals surface area contributed by atoms with E-state index in [9.17, 15) is 4.79 Å². The number of rotatable bonds is 2. The maximum absolute atomic E-state index is 11.2. The van der Waals surface area contributed by atoms with E-state index in [1.807, 2.05) is 12.1 Å². The van der Waals surface area contributed by atoms with Gasteiger partial charge in [-0.25, -0.2) is 9.79 Å². The number of halogens is 1. The van der Waals surface area contributed by atoms with E-state index in [1.165, 1.54) is 0 Å². The van der Waals surface area contributed by atoms with E-state index in [-0.39, 0.29) is 11.9 Å². The van der Waals surface area contributed by atoms with Crippen LogP contribution in [0.2, 0.25) is 0 Å². The molecule has 1 heterocycles. The fourth-order valence-corrected chi connectivity index (χ4v) is 1.55. The summed E-state index contributed by atoms with van der Waals surface area (Å²) in [5.41, 5.74) is 7.86. The summed E-state index contributed by atoms with van der Waals surface area (Å²) in [7, 11) is 0. The number of anilines is 1. The van der Waals surface area contributed by atoms with Crippen LogP contribution in [0.15, 0.2) is 23.2 Å². The van der Waals surface area contributed by atoms with Gasteiger partial charge in [0.25, 0.3) is 0 Å². The Kier molecular flexibility index (Phi) is 2.96. The van der Waals surface area contributed by atoms with Crippen LogP contribution in [-0.4, -0.2) is 17.7 Å². The number of urea groups is 1. The Bertz CT molecular complexity index is 458. The molecule has 1 aliphatic heterocycles. The molecule has 16 heavy (non-hydrogen) atoms. The quantitative estimate of drug-likeness (QED) is 0.415. The standard InChI is InChI=1S/C10H11ClN4O/c11-4-8(12)14-7-3-1-2-6-5-13-10(16)15-9(6)7/h1-3H,4-5H2,(H2,12,14)(H2,13,15,16). The highest BCUT2D eigenvalue weighted by Crippen LogP contribution is 2.30. The zero-order valence-corrected chi connectivity index (χ0v) is 9.21. The molecule has 0 atom stereocenters. The van der Waals surface area contributed by atoms with Crippen molar-refractivity contribution in [3.63, 3.8) is 0 Å². The normalized spacial score (nSPS) is 15.1. The molecule has 0 radical (unpaired) electrons. The molecule has 0 bridgehead atoms. The van der Waals surface area contributed by atoms with E-state index in [4.69, 9.17) is 17.3 Å². The Labute approximate surface area is 97.7 Å². The lowest BCUT2D eigenvalue weighted by molar-refractivity contribution is 0.251. The summed E-state index contributed by atoms with van der Waals surface area (Å²) in [6.45, 7) is 0.491. The van der Waals surface area contributed by atoms with Crippen LogP contribution in [0.1, 0.15) is 5.56 Å². The number of hydrogen-bond acceptors (Lipinski definition) is 2. The summed E-state index contributed by atoms with van der Waals surface area (Å²) in [6.07, 6.45) is 0. The first-order chi connectivity index (χ1) is 7.70. The van der Waals surface area contributed by atoms with Gasteiger partial charge in [-0.15, -0.1) is 11.6 Å². The second kappa shape index (κ2) is 4.40. The molecule has 1 aromatic carbocycles. The number of alkyl halides is 1. The van der Waals surface area contributed by atoms with Crippen molar-refractivity contribution in [3.05, 3.63) is 23.8 Å². The highest BCUT2D eigenvalue weighted by molar-refractivity contribution is 6.28. The minimum atomic E-state index is -0.236. The van der Waals surface area contributed by atoms with Crippen molar-refractivity contribution in [1.29, 1.82) is 0 Å². The Morgan fingerprint density at radius 3 is 3.12 bits per heavy atom. The van der Waals surface area contributed by atoms with Crippen molar-refractivity contribution in [2.24, 2.45) is 10.7 Å². The van der Waals surface area contributed by atoms with E-state index in [0.717, 1.165) is 5.56 Å². The first-order valence-corrected chi connectivity index (χ1v) is 5.30. The number of amidine groups is 1. The lowest BCUT2D eigenvalue weighted by Crippen LogP contribution is -2.33. The van der Waals surface area contributed by atoms with E-state index >= 15 is 0 Å². The molecule has 0 saturated heterocycles. The predicted molar refractivity (Wildman–Crippen MR) is 64.3 cm³/mol. The van der Waals surface area contributed by atoms with Gasteiger partial charge in [0.1, 0.15) is 5.84 Å². The van der Waals surface area contributed by atoms with Gasteiger partial charge in [-0.2, -0.15) is 0 Å². The molecule has 0 aromatic heterocycles. The van der Waals surface area contributed by atoms with Crippen molar-refractivity contribution in [2.75, 3.05) is 11.2 Å². The lowest BCUT2D eigenvalue weighted by Gasteiger charge is -2.19. The Morgan fingerprint density at radius 1 is 1.56 bits per heavy atom. The van der Waals surface area contributed by atoms with Gasteiger partial charge in [-0.05, 0) is 11.6 Å².